The van der Waals surface area contributed by atoms with Crippen LogP contribution in [-0.2, 0) is 11.3 Å². The van der Waals surface area contributed by atoms with Gasteiger partial charge in [-0.2, -0.15) is 5.10 Å². The van der Waals surface area contributed by atoms with Gasteiger partial charge in [-0.3, -0.25) is 19.2 Å². The number of carbonyl (C=O) groups excluding carboxylic acids is 2. The second kappa shape index (κ2) is 10.5. The van der Waals surface area contributed by atoms with Gasteiger partial charge in [0.2, 0.25) is 5.91 Å². The maximum atomic E-state index is 13.7. The Hall–Kier alpha value is -3.07. The van der Waals surface area contributed by atoms with Gasteiger partial charge < -0.3 is 19.7 Å². The summed E-state index contributed by atoms with van der Waals surface area (Å²) in [4.78, 5) is 30.6. The quantitative estimate of drug-likeness (QED) is 0.671. The van der Waals surface area contributed by atoms with Crippen LogP contribution in [-0.4, -0.2) is 77.8 Å². The minimum atomic E-state index is -0.0532. The molecule has 1 aromatic heterocycles. The molecule has 0 radical (unpaired) electrons. The number of amides is 2. The van der Waals surface area contributed by atoms with Crippen molar-refractivity contribution < 1.29 is 19.1 Å². The number of benzene rings is 1. The summed E-state index contributed by atoms with van der Waals surface area (Å²) in [5, 5.41) is 7.39. The van der Waals surface area contributed by atoms with Gasteiger partial charge in [0.15, 0.2) is 11.5 Å². The monoisotopic (exact) mass is 469 g/mol. The molecule has 34 heavy (non-hydrogen) atoms. The van der Waals surface area contributed by atoms with Gasteiger partial charge in [0.05, 0.1) is 37.7 Å². The molecule has 0 spiro atoms. The molecular formula is C25H35N5O4. The van der Waals surface area contributed by atoms with Crippen molar-refractivity contribution >= 4 is 17.5 Å². The number of nitrogens with one attached hydrogen (secondary N) is 1. The highest BCUT2D eigenvalue weighted by Gasteiger charge is 2.41. The molecule has 2 fully saturated rings. The average molecular weight is 470 g/mol. The summed E-state index contributed by atoms with van der Waals surface area (Å²) < 4.78 is 12.7. The lowest BCUT2D eigenvalue weighted by Gasteiger charge is -2.31. The summed E-state index contributed by atoms with van der Waals surface area (Å²) in [5.74, 6) is 1.27. The van der Waals surface area contributed by atoms with E-state index < -0.39 is 0 Å². The Morgan fingerprint density at radius 1 is 1.18 bits per heavy atom. The van der Waals surface area contributed by atoms with Crippen LogP contribution >= 0.6 is 0 Å². The summed E-state index contributed by atoms with van der Waals surface area (Å²) in [6.07, 6.45) is 4.98. The second-order valence-corrected chi connectivity index (χ2v) is 9.09. The van der Waals surface area contributed by atoms with Crippen molar-refractivity contribution in [1.82, 2.24) is 19.6 Å². The van der Waals surface area contributed by atoms with E-state index in [4.69, 9.17) is 9.47 Å². The molecule has 0 bridgehead atoms. The molecule has 0 saturated carbocycles. The zero-order valence-electron chi connectivity index (χ0n) is 20.5. The number of rotatable bonds is 7. The van der Waals surface area contributed by atoms with Crippen LogP contribution in [0.5, 0.6) is 11.5 Å². The highest BCUT2D eigenvalue weighted by molar-refractivity contribution is 5.98. The van der Waals surface area contributed by atoms with Gasteiger partial charge in [-0.15, -0.1) is 0 Å². The van der Waals surface area contributed by atoms with Gasteiger partial charge in [0.1, 0.15) is 0 Å². The molecule has 2 amide bonds. The van der Waals surface area contributed by atoms with Crippen molar-refractivity contribution in [2.45, 2.75) is 45.7 Å². The normalized spacial score (nSPS) is 20.5. The van der Waals surface area contributed by atoms with Crippen molar-refractivity contribution in [3.63, 3.8) is 0 Å². The van der Waals surface area contributed by atoms with Crippen molar-refractivity contribution in [2.24, 2.45) is 5.92 Å². The van der Waals surface area contributed by atoms with Crippen molar-refractivity contribution in [3.05, 3.63) is 35.7 Å². The first-order valence-electron chi connectivity index (χ1n) is 12.0. The zero-order valence-corrected chi connectivity index (χ0v) is 20.5. The third-order valence-electron chi connectivity index (χ3n) is 6.91. The van der Waals surface area contributed by atoms with E-state index in [1.54, 1.807) is 26.4 Å². The van der Waals surface area contributed by atoms with E-state index in [1.165, 1.54) is 0 Å². The van der Waals surface area contributed by atoms with E-state index >= 15 is 0 Å². The highest BCUT2D eigenvalue weighted by Crippen LogP contribution is 2.35. The first-order valence-corrected chi connectivity index (χ1v) is 12.0. The Balaban J connectivity index is 1.47. The Morgan fingerprint density at radius 2 is 2.00 bits per heavy atom. The first kappa shape index (κ1) is 24.1. The maximum Gasteiger partial charge on any atom is 0.258 e. The van der Waals surface area contributed by atoms with Crippen LogP contribution in [0.3, 0.4) is 0 Å². The first-order chi connectivity index (χ1) is 16.4. The molecule has 2 atom stereocenters. The predicted octanol–water partition coefficient (Wildman–Crippen LogP) is 2.79. The van der Waals surface area contributed by atoms with E-state index in [0.29, 0.717) is 42.6 Å². The molecule has 4 rings (SSSR count). The van der Waals surface area contributed by atoms with E-state index in [2.05, 4.69) is 15.3 Å². The highest BCUT2D eigenvalue weighted by atomic mass is 16.5. The zero-order chi connectivity index (χ0) is 24.2. The number of hydrogen-bond donors (Lipinski definition) is 1. The molecule has 184 valence electrons. The number of hydrogen-bond acceptors (Lipinski definition) is 6. The lowest BCUT2D eigenvalue weighted by molar-refractivity contribution is -0.117. The molecular weight excluding hydrogens is 434 g/mol. The molecule has 0 unspecified atom stereocenters. The summed E-state index contributed by atoms with van der Waals surface area (Å²) >= 11 is 0. The van der Waals surface area contributed by atoms with Gasteiger partial charge in [0.25, 0.3) is 5.91 Å². The Labute approximate surface area is 201 Å². The number of nitrogens with zero attached hydrogens (tertiary/aromatic N) is 4. The minimum absolute atomic E-state index is 0.0402. The molecule has 1 aromatic carbocycles. The molecule has 9 nitrogen and oxygen atoms in total. The fourth-order valence-corrected chi connectivity index (χ4v) is 5.22. The number of fused-ring (bicyclic) bond motifs is 1. The van der Waals surface area contributed by atoms with E-state index in [0.717, 1.165) is 43.7 Å². The smallest absolute Gasteiger partial charge is 0.258 e. The number of para-hydroxylation sites is 1. The number of aromatic nitrogens is 2. The molecule has 3 heterocycles. The summed E-state index contributed by atoms with van der Waals surface area (Å²) in [7, 11) is 3.13. The number of likely N-dealkylation sites (tertiary alicyclic amines) is 2. The maximum absolute atomic E-state index is 13.7. The summed E-state index contributed by atoms with van der Waals surface area (Å²) in [6, 6.07) is 5.48. The fraction of sp³-hybridized carbons (Fsp3) is 0.560. The van der Waals surface area contributed by atoms with Crippen molar-refractivity contribution in [3.8, 4) is 11.5 Å². The van der Waals surface area contributed by atoms with E-state index in [9.17, 15) is 9.59 Å². The summed E-state index contributed by atoms with van der Waals surface area (Å²) in [6.45, 7) is 7.17. The lowest BCUT2D eigenvalue weighted by atomic mass is 9.98. The van der Waals surface area contributed by atoms with Gasteiger partial charge in [0, 0.05) is 38.4 Å². The minimum Gasteiger partial charge on any atom is -0.493 e. The lowest BCUT2D eigenvalue weighted by Crippen LogP contribution is -2.44. The van der Waals surface area contributed by atoms with Crippen LogP contribution in [0.2, 0.25) is 0 Å². The molecule has 9 heteroatoms. The van der Waals surface area contributed by atoms with Crippen LogP contribution in [0.1, 0.15) is 42.2 Å². The van der Waals surface area contributed by atoms with Crippen LogP contribution in [0.25, 0.3) is 0 Å². The Bertz CT molecular complexity index is 1040. The number of methoxy groups -OCH3 is 2. The van der Waals surface area contributed by atoms with E-state index in [1.807, 2.05) is 35.7 Å². The number of anilines is 1. The van der Waals surface area contributed by atoms with Gasteiger partial charge in [-0.25, -0.2) is 0 Å². The van der Waals surface area contributed by atoms with Crippen molar-refractivity contribution in [2.75, 3.05) is 45.7 Å². The van der Waals surface area contributed by atoms with Crippen LogP contribution in [0, 0.1) is 12.8 Å². The SMILES string of the molecule is CCn1cc(NC(=O)CN2C[C@@H]3CCCCN(C(=O)c4cccc(OC)c4OC)[C@@H]3C2)c(C)n1. The third-order valence-corrected chi connectivity index (χ3v) is 6.91. The van der Waals surface area contributed by atoms with Gasteiger partial charge >= 0.3 is 0 Å². The largest absolute Gasteiger partial charge is 0.493 e. The number of aryl methyl sites for hydroxylation is 2. The predicted molar refractivity (Wildman–Crippen MR) is 129 cm³/mol. The second-order valence-electron chi connectivity index (χ2n) is 9.09. The fourth-order valence-electron chi connectivity index (χ4n) is 5.22. The molecule has 0 aliphatic carbocycles. The Kier molecular flexibility index (Phi) is 7.41. The van der Waals surface area contributed by atoms with Gasteiger partial charge in [-0.05, 0) is 44.7 Å². The van der Waals surface area contributed by atoms with Crippen molar-refractivity contribution in [1.29, 1.82) is 0 Å². The molecule has 2 aromatic rings. The Morgan fingerprint density at radius 3 is 2.71 bits per heavy atom. The number of ether oxygens (including phenoxy) is 2. The van der Waals surface area contributed by atoms with Crippen LogP contribution in [0.15, 0.2) is 24.4 Å². The molecule has 2 aliphatic rings. The summed E-state index contributed by atoms with van der Waals surface area (Å²) in [5.41, 5.74) is 2.08. The van der Waals surface area contributed by atoms with Crippen LogP contribution in [0.4, 0.5) is 5.69 Å². The average Bonchev–Trinajstić information content (AvgIpc) is 3.33. The standard InChI is InChI=1S/C25H35N5O4/c1-5-29-14-20(17(2)27-29)26-23(31)16-28-13-18-9-6-7-12-30(21(18)15-28)25(32)19-10-8-11-22(33-3)24(19)34-4/h8,10-11,14,18,21H,5-7,9,12-13,15-16H2,1-4H3,(H,26,31)/t18-,21+/m0/s1. The van der Waals surface area contributed by atoms with Crippen LogP contribution < -0.4 is 14.8 Å². The topological polar surface area (TPSA) is 88.9 Å². The molecule has 2 saturated heterocycles. The number of carbonyl (C=O) groups is 2. The molecule has 2 aliphatic heterocycles. The molecule has 1 N–H and O–H groups in total. The van der Waals surface area contributed by atoms with E-state index in [-0.39, 0.29) is 17.9 Å². The third kappa shape index (κ3) is 4.89. The van der Waals surface area contributed by atoms with Gasteiger partial charge in [-0.1, -0.05) is 12.5 Å².